The van der Waals surface area contributed by atoms with Crippen LogP contribution in [0, 0.1) is 13.8 Å². The summed E-state index contributed by atoms with van der Waals surface area (Å²) in [5.74, 6) is -3.41. The topological polar surface area (TPSA) is 204 Å². The van der Waals surface area contributed by atoms with Gasteiger partial charge in [-0.25, -0.2) is 8.42 Å². The van der Waals surface area contributed by atoms with Gasteiger partial charge in [0.05, 0.1) is 32.9 Å². The molecule has 1 fully saturated rings. The van der Waals surface area contributed by atoms with E-state index in [0.717, 1.165) is 4.90 Å². The molecule has 17 heteroatoms. The highest BCUT2D eigenvalue weighted by molar-refractivity contribution is 7.90. The van der Waals surface area contributed by atoms with Crippen LogP contribution in [0.4, 0.5) is 11.4 Å². The summed E-state index contributed by atoms with van der Waals surface area (Å²) in [5.41, 5.74) is 4.49. The van der Waals surface area contributed by atoms with Crippen molar-refractivity contribution in [2.24, 2.45) is 0 Å². The van der Waals surface area contributed by atoms with Crippen LogP contribution in [0.15, 0.2) is 59.5 Å². The van der Waals surface area contributed by atoms with E-state index in [2.05, 4.69) is 26.3 Å². The normalized spacial score (nSPS) is 17.1. The first-order valence-corrected chi connectivity index (χ1v) is 20.5. The minimum Gasteiger partial charge on any atom is -0.385 e. The van der Waals surface area contributed by atoms with Crippen molar-refractivity contribution in [1.29, 1.82) is 0 Å². The third kappa shape index (κ3) is 7.69. The van der Waals surface area contributed by atoms with Crippen LogP contribution in [0.25, 0.3) is 11.6 Å². The minimum atomic E-state index is -3.90. The number of nitrogens with one attached hydrogen (secondary N) is 5. The molecular formula is C40H36Cl2N6O8S. The van der Waals surface area contributed by atoms with Gasteiger partial charge in [0, 0.05) is 63.4 Å². The van der Waals surface area contributed by atoms with Crippen molar-refractivity contribution in [2.45, 2.75) is 56.2 Å². The van der Waals surface area contributed by atoms with E-state index >= 15 is 0 Å². The smallest absolute Gasteiger partial charge is 0.262 e. The maximum Gasteiger partial charge on any atom is 0.262 e. The fraction of sp³-hybridized carbons (Fsp3) is 0.250. The molecule has 3 aliphatic heterocycles. The van der Waals surface area contributed by atoms with Gasteiger partial charge in [-0.05, 0) is 93.3 Å². The number of rotatable bonds is 12. The lowest BCUT2D eigenvalue weighted by molar-refractivity contribution is -0.136. The number of sulfone groups is 1. The standard InChI is InChI=1S/C40H36Cl2N6O8S/c1-20-32(18-26-25-17-23(9-11-31(25)46-36(26)50)57(55,56)19-28-29(41)6-5-7-30(28)42)45-21(2)35(20)38(52)44-15-4-3-14-43-22-8-10-24-27(16-22)40(54)48(39(24)53)33-12-13-34(49)47-37(33)51/h5-11,16-18,33,43,45H,3-4,12-15,19H2,1-2H3,(H,44,52)(H,46,50)(H,47,49,51). The van der Waals surface area contributed by atoms with E-state index in [-0.39, 0.29) is 56.0 Å². The van der Waals surface area contributed by atoms with Crippen LogP contribution < -0.4 is 21.3 Å². The summed E-state index contributed by atoms with van der Waals surface area (Å²) in [6.45, 7) is 4.38. The maximum absolute atomic E-state index is 13.4. The molecule has 4 aromatic rings. The predicted octanol–water partition coefficient (Wildman–Crippen LogP) is 5.43. The molecule has 0 radical (unpaired) electrons. The van der Waals surface area contributed by atoms with E-state index < -0.39 is 51.2 Å². The number of aromatic nitrogens is 1. The second-order valence-electron chi connectivity index (χ2n) is 13.9. The number of carbonyl (C=O) groups excluding carboxylic acids is 6. The molecule has 0 bridgehead atoms. The van der Waals surface area contributed by atoms with Gasteiger partial charge in [0.15, 0.2) is 9.84 Å². The van der Waals surface area contributed by atoms with Crippen molar-refractivity contribution in [3.63, 3.8) is 0 Å². The molecule has 6 amide bonds. The van der Waals surface area contributed by atoms with Gasteiger partial charge in [0.25, 0.3) is 23.6 Å². The highest BCUT2D eigenvalue weighted by Crippen LogP contribution is 2.37. The average Bonchev–Trinajstić information content (AvgIpc) is 3.73. The molecule has 294 valence electrons. The Morgan fingerprint density at radius 2 is 1.61 bits per heavy atom. The number of hydrogen-bond donors (Lipinski definition) is 5. The molecule has 1 atom stereocenters. The van der Waals surface area contributed by atoms with Crippen molar-refractivity contribution in [1.82, 2.24) is 20.5 Å². The molecule has 0 aliphatic carbocycles. The summed E-state index contributed by atoms with van der Waals surface area (Å²) in [6, 6.07) is 12.9. The first-order chi connectivity index (χ1) is 27.1. The molecule has 5 N–H and O–H groups in total. The van der Waals surface area contributed by atoms with Gasteiger partial charge in [0.1, 0.15) is 6.04 Å². The number of aryl methyl sites for hydroxylation is 1. The zero-order valence-corrected chi connectivity index (χ0v) is 33.0. The fourth-order valence-electron chi connectivity index (χ4n) is 7.20. The number of imide groups is 2. The number of fused-ring (bicyclic) bond motifs is 2. The molecule has 4 heterocycles. The molecule has 3 aliphatic rings. The van der Waals surface area contributed by atoms with Crippen LogP contribution in [0.3, 0.4) is 0 Å². The monoisotopic (exact) mass is 830 g/mol. The Kier molecular flexibility index (Phi) is 10.8. The molecule has 0 spiro atoms. The Bertz CT molecular complexity index is 2550. The number of aromatic amines is 1. The molecule has 0 saturated carbocycles. The number of unbranched alkanes of at least 4 members (excludes halogenated alkanes) is 1. The van der Waals surface area contributed by atoms with E-state index in [9.17, 15) is 37.2 Å². The largest absolute Gasteiger partial charge is 0.385 e. The number of carbonyl (C=O) groups is 6. The third-order valence-electron chi connectivity index (χ3n) is 10.2. The molecule has 1 aromatic heterocycles. The van der Waals surface area contributed by atoms with Crippen LogP contribution in [-0.4, -0.2) is 72.9 Å². The number of anilines is 2. The lowest BCUT2D eigenvalue weighted by atomic mass is 10.0. The lowest BCUT2D eigenvalue weighted by Crippen LogP contribution is -2.54. The molecule has 3 aromatic carbocycles. The lowest BCUT2D eigenvalue weighted by Gasteiger charge is -2.27. The summed E-state index contributed by atoms with van der Waals surface area (Å²) in [7, 11) is -3.90. The molecule has 7 rings (SSSR count). The number of halogens is 2. The van der Waals surface area contributed by atoms with Crippen molar-refractivity contribution in [2.75, 3.05) is 23.7 Å². The number of amides is 6. The Morgan fingerprint density at radius 1 is 0.895 bits per heavy atom. The van der Waals surface area contributed by atoms with Gasteiger partial charge < -0.3 is 20.9 Å². The minimum absolute atomic E-state index is 0.00784. The van der Waals surface area contributed by atoms with Crippen molar-refractivity contribution >= 4 is 91.5 Å². The SMILES string of the molecule is Cc1[nH]c(C=C2C(=O)Nc3ccc(S(=O)(=O)Cc4c(Cl)cccc4Cl)cc32)c(C)c1C(=O)NCCCCNc1ccc2c(c1)C(=O)N(C1CCC(=O)NC1=O)C2=O. The number of nitrogens with zero attached hydrogens (tertiary/aromatic N) is 1. The van der Waals surface area contributed by atoms with E-state index in [1.807, 2.05) is 0 Å². The number of H-pyrrole nitrogens is 1. The molecule has 14 nitrogen and oxygen atoms in total. The van der Waals surface area contributed by atoms with Gasteiger partial charge in [-0.15, -0.1) is 0 Å². The van der Waals surface area contributed by atoms with Crippen LogP contribution >= 0.6 is 23.2 Å². The van der Waals surface area contributed by atoms with Gasteiger partial charge in [-0.2, -0.15) is 0 Å². The first-order valence-electron chi connectivity index (χ1n) is 18.0. The molecule has 57 heavy (non-hydrogen) atoms. The first kappa shape index (κ1) is 39.5. The Balaban J connectivity index is 0.950. The quantitative estimate of drug-likeness (QED) is 0.0701. The Labute approximate surface area is 337 Å². The third-order valence-corrected chi connectivity index (χ3v) is 12.5. The molecular weight excluding hydrogens is 795 g/mol. The number of piperidine rings is 1. The van der Waals surface area contributed by atoms with Crippen molar-refractivity contribution in [3.05, 3.63) is 109 Å². The number of benzene rings is 3. The zero-order valence-electron chi connectivity index (χ0n) is 30.7. The fourth-order valence-corrected chi connectivity index (χ4v) is 9.32. The van der Waals surface area contributed by atoms with Crippen LogP contribution in [0.1, 0.15) is 84.8 Å². The van der Waals surface area contributed by atoms with Crippen LogP contribution in [0.5, 0.6) is 0 Å². The summed E-state index contributed by atoms with van der Waals surface area (Å²) >= 11 is 12.5. The highest BCUT2D eigenvalue weighted by atomic mass is 35.5. The predicted molar refractivity (Wildman–Crippen MR) is 214 cm³/mol. The van der Waals surface area contributed by atoms with E-state index in [1.165, 1.54) is 24.3 Å². The molecule has 1 saturated heterocycles. The Morgan fingerprint density at radius 3 is 2.35 bits per heavy atom. The van der Waals surface area contributed by atoms with E-state index in [4.69, 9.17) is 23.2 Å². The van der Waals surface area contributed by atoms with Crippen molar-refractivity contribution in [3.8, 4) is 0 Å². The summed E-state index contributed by atoms with van der Waals surface area (Å²) < 4.78 is 26.9. The van der Waals surface area contributed by atoms with Gasteiger partial charge >= 0.3 is 0 Å². The van der Waals surface area contributed by atoms with E-state index in [0.29, 0.717) is 65.4 Å². The average molecular weight is 832 g/mol. The summed E-state index contributed by atoms with van der Waals surface area (Å²) in [4.78, 5) is 80.4. The second kappa shape index (κ2) is 15.6. The Hall–Kier alpha value is -5.77. The zero-order chi connectivity index (χ0) is 40.8. The van der Waals surface area contributed by atoms with Gasteiger partial charge in [-0.3, -0.25) is 39.0 Å². The van der Waals surface area contributed by atoms with Gasteiger partial charge in [0.2, 0.25) is 11.8 Å². The summed E-state index contributed by atoms with van der Waals surface area (Å²) in [6.07, 6.45) is 3.00. The summed E-state index contributed by atoms with van der Waals surface area (Å²) in [5, 5.41) is 11.6. The highest BCUT2D eigenvalue weighted by Gasteiger charge is 2.44. The van der Waals surface area contributed by atoms with Crippen LogP contribution in [-0.2, 0) is 30.0 Å². The number of hydrogen-bond acceptors (Lipinski definition) is 9. The van der Waals surface area contributed by atoms with Gasteiger partial charge in [-0.1, -0.05) is 29.3 Å². The van der Waals surface area contributed by atoms with Crippen molar-refractivity contribution < 1.29 is 37.2 Å². The molecule has 1 unspecified atom stereocenters. The van der Waals surface area contributed by atoms with Crippen LogP contribution in [0.2, 0.25) is 10.0 Å². The second-order valence-corrected chi connectivity index (χ2v) is 16.7. The van der Waals surface area contributed by atoms with E-state index in [1.54, 1.807) is 50.3 Å². The maximum atomic E-state index is 13.4.